The van der Waals surface area contributed by atoms with Crippen LogP contribution < -0.4 is 9.64 Å². The van der Waals surface area contributed by atoms with Crippen LogP contribution >= 0.6 is 22.9 Å². The second kappa shape index (κ2) is 9.44. The van der Waals surface area contributed by atoms with Crippen molar-refractivity contribution in [2.75, 3.05) is 11.4 Å². The van der Waals surface area contributed by atoms with Crippen LogP contribution in [0.25, 0.3) is 10.2 Å². The number of halogens is 1. The Bertz CT molecular complexity index is 1370. The monoisotopic (exact) mass is 474 g/mol. The van der Waals surface area contributed by atoms with E-state index in [1.807, 2.05) is 54.7 Å². The lowest BCUT2D eigenvalue weighted by Crippen LogP contribution is -2.34. The normalized spacial score (nSPS) is 10.9. The standard InChI is InChI=1S/C25H19ClN4O2S/c26-21-8-4-9-22-23(21)28-25(33-22)30(17-16-29-15-5-14-27-29)24(31)18-10-12-20(13-11-18)32-19-6-2-1-3-7-19/h1-15H,16-17H2. The van der Waals surface area contributed by atoms with Crippen molar-refractivity contribution in [1.29, 1.82) is 0 Å². The molecule has 3 aromatic carbocycles. The summed E-state index contributed by atoms with van der Waals surface area (Å²) in [4.78, 5) is 19.9. The number of carbonyl (C=O) groups excluding carboxylic acids is 1. The molecular weight excluding hydrogens is 456 g/mol. The molecule has 0 bridgehead atoms. The number of amides is 1. The van der Waals surface area contributed by atoms with Gasteiger partial charge in [0.05, 0.1) is 16.3 Å². The Labute approximate surface area is 199 Å². The first-order valence-electron chi connectivity index (χ1n) is 10.3. The van der Waals surface area contributed by atoms with Gasteiger partial charge in [-0.05, 0) is 54.6 Å². The summed E-state index contributed by atoms with van der Waals surface area (Å²) in [6, 6.07) is 24.1. The van der Waals surface area contributed by atoms with Crippen molar-refractivity contribution in [3.63, 3.8) is 0 Å². The van der Waals surface area contributed by atoms with Crippen molar-refractivity contribution >= 4 is 44.2 Å². The van der Waals surface area contributed by atoms with Crippen LogP contribution in [0.4, 0.5) is 5.13 Å². The summed E-state index contributed by atoms with van der Waals surface area (Å²) in [5, 5.41) is 5.41. The SMILES string of the molecule is O=C(c1ccc(Oc2ccccc2)cc1)N(CCn1cccn1)c1nc2c(Cl)cccc2s1. The first-order chi connectivity index (χ1) is 16.2. The van der Waals surface area contributed by atoms with Gasteiger partial charge in [0.15, 0.2) is 5.13 Å². The van der Waals surface area contributed by atoms with E-state index in [0.29, 0.717) is 40.1 Å². The number of ether oxygens (including phenoxy) is 1. The van der Waals surface area contributed by atoms with Crippen LogP contribution in [0.15, 0.2) is 91.3 Å². The van der Waals surface area contributed by atoms with Gasteiger partial charge in [0.2, 0.25) is 0 Å². The van der Waals surface area contributed by atoms with E-state index in [9.17, 15) is 4.79 Å². The molecule has 0 spiro atoms. The van der Waals surface area contributed by atoms with Gasteiger partial charge in [-0.2, -0.15) is 5.10 Å². The molecule has 8 heteroatoms. The molecule has 0 unspecified atom stereocenters. The lowest BCUT2D eigenvalue weighted by atomic mass is 10.2. The molecule has 5 rings (SSSR count). The van der Waals surface area contributed by atoms with Crippen LogP contribution in [0, 0.1) is 0 Å². The van der Waals surface area contributed by atoms with Crippen LogP contribution in [0.1, 0.15) is 10.4 Å². The van der Waals surface area contributed by atoms with E-state index in [1.54, 1.807) is 46.1 Å². The molecule has 0 saturated heterocycles. The number of hydrogen-bond acceptors (Lipinski definition) is 5. The van der Waals surface area contributed by atoms with Gasteiger partial charge in [0.1, 0.15) is 17.0 Å². The van der Waals surface area contributed by atoms with Crippen molar-refractivity contribution in [2.24, 2.45) is 0 Å². The third kappa shape index (κ3) is 4.74. The molecule has 0 aliphatic rings. The fourth-order valence-electron chi connectivity index (χ4n) is 3.38. The maximum absolute atomic E-state index is 13.5. The topological polar surface area (TPSA) is 60.2 Å². The largest absolute Gasteiger partial charge is 0.457 e. The summed E-state index contributed by atoms with van der Waals surface area (Å²) in [7, 11) is 0. The molecule has 5 aromatic rings. The summed E-state index contributed by atoms with van der Waals surface area (Å²) in [5.41, 5.74) is 1.24. The highest BCUT2D eigenvalue weighted by Crippen LogP contribution is 2.33. The number of nitrogens with zero attached hydrogens (tertiary/aromatic N) is 4. The predicted octanol–water partition coefficient (Wildman–Crippen LogP) is 6.29. The van der Waals surface area contributed by atoms with Gasteiger partial charge in [0, 0.05) is 24.5 Å². The van der Waals surface area contributed by atoms with E-state index in [2.05, 4.69) is 10.1 Å². The van der Waals surface area contributed by atoms with Gasteiger partial charge in [-0.1, -0.05) is 47.2 Å². The third-order valence-corrected chi connectivity index (χ3v) is 6.38. The van der Waals surface area contributed by atoms with E-state index < -0.39 is 0 Å². The zero-order valence-electron chi connectivity index (χ0n) is 17.5. The van der Waals surface area contributed by atoms with Crippen molar-refractivity contribution in [1.82, 2.24) is 14.8 Å². The lowest BCUT2D eigenvalue weighted by Gasteiger charge is -2.20. The van der Waals surface area contributed by atoms with E-state index >= 15 is 0 Å². The summed E-state index contributed by atoms with van der Waals surface area (Å²) in [6.07, 6.45) is 3.59. The van der Waals surface area contributed by atoms with Crippen LogP contribution in [-0.2, 0) is 6.54 Å². The first-order valence-corrected chi connectivity index (χ1v) is 11.5. The average Bonchev–Trinajstić information content (AvgIpc) is 3.51. The Kier molecular flexibility index (Phi) is 6.06. The maximum atomic E-state index is 13.5. The van der Waals surface area contributed by atoms with Crippen LogP contribution in [0.3, 0.4) is 0 Å². The zero-order chi connectivity index (χ0) is 22.6. The predicted molar refractivity (Wildman–Crippen MR) is 131 cm³/mol. The smallest absolute Gasteiger partial charge is 0.260 e. The summed E-state index contributed by atoms with van der Waals surface area (Å²) in [5.74, 6) is 1.25. The van der Waals surface area contributed by atoms with Crippen molar-refractivity contribution in [2.45, 2.75) is 6.54 Å². The molecule has 0 aliphatic carbocycles. The Morgan fingerprint density at radius 2 is 1.76 bits per heavy atom. The quantitative estimate of drug-likeness (QED) is 0.278. The molecule has 0 radical (unpaired) electrons. The number of benzene rings is 3. The van der Waals surface area contributed by atoms with E-state index in [1.165, 1.54) is 11.3 Å². The van der Waals surface area contributed by atoms with Gasteiger partial charge < -0.3 is 4.74 Å². The number of rotatable bonds is 7. The number of para-hydroxylation sites is 2. The van der Waals surface area contributed by atoms with E-state index in [4.69, 9.17) is 16.3 Å². The Balaban J connectivity index is 1.42. The van der Waals surface area contributed by atoms with Crippen molar-refractivity contribution < 1.29 is 9.53 Å². The second-order valence-corrected chi connectivity index (χ2v) is 8.66. The highest BCUT2D eigenvalue weighted by Gasteiger charge is 2.22. The van der Waals surface area contributed by atoms with Crippen LogP contribution in [-0.4, -0.2) is 27.2 Å². The number of hydrogen-bond donors (Lipinski definition) is 0. The Hall–Kier alpha value is -3.68. The van der Waals surface area contributed by atoms with Crippen LogP contribution in [0.2, 0.25) is 5.02 Å². The summed E-state index contributed by atoms with van der Waals surface area (Å²) >= 11 is 7.77. The van der Waals surface area contributed by atoms with Gasteiger partial charge in [-0.25, -0.2) is 4.98 Å². The van der Waals surface area contributed by atoms with Crippen molar-refractivity contribution in [3.05, 3.63) is 102 Å². The average molecular weight is 475 g/mol. The Morgan fingerprint density at radius 1 is 0.970 bits per heavy atom. The molecular formula is C25H19ClN4O2S. The second-order valence-electron chi connectivity index (χ2n) is 7.25. The summed E-state index contributed by atoms with van der Waals surface area (Å²) in [6.45, 7) is 0.956. The molecule has 0 N–H and O–H groups in total. The molecule has 0 atom stereocenters. The molecule has 0 saturated carbocycles. The van der Waals surface area contributed by atoms with Gasteiger partial charge in [-0.3, -0.25) is 14.4 Å². The van der Waals surface area contributed by atoms with Gasteiger partial charge >= 0.3 is 0 Å². The van der Waals surface area contributed by atoms with Crippen LogP contribution in [0.5, 0.6) is 11.5 Å². The number of anilines is 1. The molecule has 6 nitrogen and oxygen atoms in total. The molecule has 33 heavy (non-hydrogen) atoms. The molecule has 2 aromatic heterocycles. The van der Waals surface area contributed by atoms with E-state index in [0.717, 1.165) is 10.4 Å². The van der Waals surface area contributed by atoms with Gasteiger partial charge in [0.25, 0.3) is 5.91 Å². The minimum absolute atomic E-state index is 0.149. The van der Waals surface area contributed by atoms with E-state index in [-0.39, 0.29) is 5.91 Å². The molecule has 0 aliphatic heterocycles. The maximum Gasteiger partial charge on any atom is 0.260 e. The minimum Gasteiger partial charge on any atom is -0.457 e. The third-order valence-electron chi connectivity index (χ3n) is 5.03. The number of fused-ring (bicyclic) bond motifs is 1. The molecule has 164 valence electrons. The highest BCUT2D eigenvalue weighted by molar-refractivity contribution is 7.22. The molecule has 1 amide bonds. The first kappa shape index (κ1) is 21.2. The highest BCUT2D eigenvalue weighted by atomic mass is 35.5. The lowest BCUT2D eigenvalue weighted by molar-refractivity contribution is 0.0986. The number of aromatic nitrogens is 3. The minimum atomic E-state index is -0.149. The molecule has 2 heterocycles. The Morgan fingerprint density at radius 3 is 2.48 bits per heavy atom. The summed E-state index contributed by atoms with van der Waals surface area (Å²) < 4.78 is 8.57. The number of thiazole rings is 1. The van der Waals surface area contributed by atoms with Gasteiger partial charge in [-0.15, -0.1) is 0 Å². The van der Waals surface area contributed by atoms with Crippen molar-refractivity contribution in [3.8, 4) is 11.5 Å². The zero-order valence-corrected chi connectivity index (χ0v) is 19.0. The fraction of sp³-hybridized carbons (Fsp3) is 0.0800. The number of carbonyl (C=O) groups is 1. The fourth-order valence-corrected chi connectivity index (χ4v) is 4.67. The molecule has 0 fully saturated rings.